The first-order valence-electron chi connectivity index (χ1n) is 13.7. The number of halogens is 1. The molecule has 1 aromatic rings. The molecule has 1 aliphatic carbocycles. The maximum Gasteiger partial charge on any atom is 0.410 e. The number of hydrogen-bond acceptors (Lipinski definition) is 4. The van der Waals surface area contributed by atoms with Gasteiger partial charge in [-0.15, -0.1) is 0 Å². The predicted octanol–water partition coefficient (Wildman–Crippen LogP) is 4.85. The van der Waals surface area contributed by atoms with Crippen LogP contribution >= 0.6 is 0 Å². The second kappa shape index (κ2) is 8.75. The number of nitrogens with zero attached hydrogens (tertiary/aromatic N) is 3. The van der Waals surface area contributed by atoms with Gasteiger partial charge < -0.3 is 19.4 Å². The second-order valence-corrected chi connectivity index (χ2v) is 11.7. The lowest BCUT2D eigenvalue weighted by molar-refractivity contribution is -0.119. The summed E-state index contributed by atoms with van der Waals surface area (Å²) in [6.45, 7) is 6.62. The Bertz CT molecular complexity index is 989. The van der Waals surface area contributed by atoms with Crippen molar-refractivity contribution >= 4 is 17.7 Å². The van der Waals surface area contributed by atoms with E-state index < -0.39 is 0 Å². The third-order valence-corrected chi connectivity index (χ3v) is 9.54. The normalized spacial score (nSPS) is 30.4. The van der Waals surface area contributed by atoms with Crippen molar-refractivity contribution in [2.75, 3.05) is 24.5 Å². The van der Waals surface area contributed by atoms with Crippen LogP contribution in [0.4, 0.5) is 14.9 Å². The van der Waals surface area contributed by atoms with E-state index in [1.165, 1.54) is 6.07 Å². The van der Waals surface area contributed by atoms with Crippen LogP contribution in [0.3, 0.4) is 0 Å². The van der Waals surface area contributed by atoms with Gasteiger partial charge >= 0.3 is 6.09 Å². The van der Waals surface area contributed by atoms with Crippen LogP contribution in [0.5, 0.6) is 0 Å². The van der Waals surface area contributed by atoms with Gasteiger partial charge in [-0.1, -0.05) is 6.92 Å². The van der Waals surface area contributed by atoms with Gasteiger partial charge in [0.05, 0.1) is 0 Å². The number of piperidine rings is 2. The highest BCUT2D eigenvalue weighted by Crippen LogP contribution is 2.50. The van der Waals surface area contributed by atoms with Crippen LogP contribution in [0, 0.1) is 11.7 Å². The fraction of sp³-hybridized carbons (Fsp3) is 0.714. The molecule has 4 heterocycles. The number of anilines is 1. The van der Waals surface area contributed by atoms with Gasteiger partial charge in [-0.05, 0) is 102 Å². The zero-order valence-electron chi connectivity index (χ0n) is 21.0. The lowest BCUT2D eigenvalue weighted by Crippen LogP contribution is -2.56. The number of amides is 2. The van der Waals surface area contributed by atoms with Crippen molar-refractivity contribution in [1.82, 2.24) is 9.80 Å². The number of likely N-dealkylation sites (tertiary alicyclic amines) is 1. The summed E-state index contributed by atoms with van der Waals surface area (Å²) < 4.78 is 20.0. The fourth-order valence-electron chi connectivity index (χ4n) is 7.19. The molecule has 2 amide bonds. The maximum absolute atomic E-state index is 14.3. The third kappa shape index (κ3) is 4.04. The van der Waals surface area contributed by atoms with Crippen molar-refractivity contribution < 1.29 is 18.7 Å². The van der Waals surface area contributed by atoms with Gasteiger partial charge in [0, 0.05) is 41.7 Å². The molecule has 190 valence electrons. The van der Waals surface area contributed by atoms with Gasteiger partial charge in [0.2, 0.25) is 5.91 Å². The van der Waals surface area contributed by atoms with Crippen LogP contribution in [-0.2, 0) is 14.9 Å². The fourth-order valence-corrected chi connectivity index (χ4v) is 7.19. The van der Waals surface area contributed by atoms with Crippen molar-refractivity contribution in [3.63, 3.8) is 0 Å². The molecule has 2 bridgehead atoms. The number of fused-ring (bicyclic) bond motifs is 4. The van der Waals surface area contributed by atoms with Crippen molar-refractivity contribution in [3.05, 3.63) is 29.6 Å². The molecule has 35 heavy (non-hydrogen) atoms. The van der Waals surface area contributed by atoms with Crippen LogP contribution in [0.1, 0.15) is 77.2 Å². The molecule has 3 saturated heterocycles. The Labute approximate surface area is 207 Å². The Kier molecular flexibility index (Phi) is 5.82. The summed E-state index contributed by atoms with van der Waals surface area (Å²) in [5.41, 5.74) is 1.83. The molecule has 0 aromatic heterocycles. The molecular formula is C28H38FN3O3. The summed E-state index contributed by atoms with van der Waals surface area (Å²) in [6.07, 6.45) is 8.69. The molecule has 4 aliphatic heterocycles. The Balaban J connectivity index is 1.13. The first kappa shape index (κ1) is 23.3. The lowest BCUT2D eigenvalue weighted by atomic mass is 9.73. The molecule has 5 aliphatic rings. The van der Waals surface area contributed by atoms with E-state index in [-0.39, 0.29) is 47.3 Å². The quantitative estimate of drug-likeness (QED) is 0.615. The monoisotopic (exact) mass is 483 g/mol. The molecule has 4 fully saturated rings. The first-order chi connectivity index (χ1) is 16.9. The van der Waals surface area contributed by atoms with E-state index >= 15 is 0 Å². The highest BCUT2D eigenvalue weighted by molar-refractivity contribution is 5.99. The van der Waals surface area contributed by atoms with Crippen LogP contribution in [0.15, 0.2) is 18.2 Å². The minimum absolute atomic E-state index is 0.0385. The lowest BCUT2D eigenvalue weighted by Gasteiger charge is -2.47. The van der Waals surface area contributed by atoms with Gasteiger partial charge in [0.15, 0.2) is 0 Å². The first-order valence-corrected chi connectivity index (χ1v) is 13.7. The molecule has 1 aromatic carbocycles. The number of carbonyl (C=O) groups is 2. The summed E-state index contributed by atoms with van der Waals surface area (Å²) in [5, 5.41) is 0. The summed E-state index contributed by atoms with van der Waals surface area (Å²) in [4.78, 5) is 32.4. The third-order valence-electron chi connectivity index (χ3n) is 9.54. The number of carbonyl (C=O) groups excluding carboxylic acids is 2. The molecule has 6 nitrogen and oxygen atoms in total. The van der Waals surface area contributed by atoms with E-state index in [0.717, 1.165) is 82.1 Å². The Morgan fingerprint density at radius 3 is 2.40 bits per heavy atom. The average molecular weight is 484 g/mol. The van der Waals surface area contributed by atoms with Crippen molar-refractivity contribution in [3.8, 4) is 0 Å². The van der Waals surface area contributed by atoms with E-state index in [9.17, 15) is 14.0 Å². The number of rotatable bonds is 4. The molecule has 0 radical (unpaired) electrons. The van der Waals surface area contributed by atoms with E-state index in [0.29, 0.717) is 12.6 Å². The molecule has 7 heteroatoms. The van der Waals surface area contributed by atoms with E-state index in [1.807, 2.05) is 29.7 Å². The van der Waals surface area contributed by atoms with Gasteiger partial charge in [-0.2, -0.15) is 0 Å². The van der Waals surface area contributed by atoms with Gasteiger partial charge in [0.1, 0.15) is 11.9 Å². The highest BCUT2D eigenvalue weighted by Gasteiger charge is 2.51. The van der Waals surface area contributed by atoms with Crippen LogP contribution in [0.25, 0.3) is 0 Å². The zero-order chi connectivity index (χ0) is 24.3. The van der Waals surface area contributed by atoms with Crippen molar-refractivity contribution in [1.29, 1.82) is 0 Å². The summed E-state index contributed by atoms with van der Waals surface area (Å²) in [6, 6.07) is 6.04. The average Bonchev–Trinajstić information content (AvgIpc) is 3.62. The number of ether oxygens (including phenoxy) is 1. The minimum atomic E-state index is -0.209. The van der Waals surface area contributed by atoms with E-state index in [2.05, 4.69) is 4.90 Å². The Hall–Kier alpha value is -2.15. The standard InChI is InChI=1S/C28H38FN3O3/c1-3-18(2)35-27(34)32-21-7-8-22(32)16-23(15-21)30-12-10-28(11-13-30)17-31(26(33)19-4-5-19)25-9-6-20(29)14-24(25)28/h6,9,14,18-19,21-23H,3-5,7-8,10-13,15-17H2,1-2H3/t18-,21?,22?,23?/m0/s1. The molecule has 6 rings (SSSR count). The van der Waals surface area contributed by atoms with Gasteiger partial charge in [0.25, 0.3) is 0 Å². The summed E-state index contributed by atoms with van der Waals surface area (Å²) in [5.74, 6) is 0.181. The number of hydrogen-bond donors (Lipinski definition) is 0. The topological polar surface area (TPSA) is 53.1 Å². The van der Waals surface area contributed by atoms with Crippen LogP contribution in [-0.4, -0.2) is 65.7 Å². The SMILES string of the molecule is CC[C@H](C)OC(=O)N1C2CCC1CC(N1CCC3(CC1)CN(C(=O)C1CC1)c1ccc(F)cc13)C2. The molecule has 2 unspecified atom stereocenters. The molecule has 1 spiro atoms. The summed E-state index contributed by atoms with van der Waals surface area (Å²) in [7, 11) is 0. The van der Waals surface area contributed by atoms with Crippen molar-refractivity contribution in [2.45, 2.75) is 101 Å². The minimum Gasteiger partial charge on any atom is -0.446 e. The van der Waals surface area contributed by atoms with Crippen molar-refractivity contribution in [2.24, 2.45) is 5.92 Å². The number of benzene rings is 1. The van der Waals surface area contributed by atoms with Crippen LogP contribution < -0.4 is 4.90 Å². The molecule has 1 saturated carbocycles. The predicted molar refractivity (Wildman–Crippen MR) is 132 cm³/mol. The van der Waals surface area contributed by atoms with E-state index in [4.69, 9.17) is 4.74 Å². The Morgan fingerprint density at radius 2 is 1.77 bits per heavy atom. The smallest absolute Gasteiger partial charge is 0.410 e. The molecule has 3 atom stereocenters. The van der Waals surface area contributed by atoms with Gasteiger partial charge in [-0.25, -0.2) is 9.18 Å². The highest BCUT2D eigenvalue weighted by atomic mass is 19.1. The molecule has 0 N–H and O–H groups in total. The Morgan fingerprint density at radius 1 is 1.09 bits per heavy atom. The molecular weight excluding hydrogens is 445 g/mol. The van der Waals surface area contributed by atoms with E-state index in [1.54, 1.807) is 6.07 Å². The second-order valence-electron chi connectivity index (χ2n) is 11.7. The zero-order valence-corrected chi connectivity index (χ0v) is 21.0. The van der Waals surface area contributed by atoms with Gasteiger partial charge in [-0.3, -0.25) is 4.79 Å². The maximum atomic E-state index is 14.3. The van der Waals surface area contributed by atoms with Crippen LogP contribution in [0.2, 0.25) is 0 Å². The summed E-state index contributed by atoms with van der Waals surface area (Å²) >= 11 is 0. The largest absolute Gasteiger partial charge is 0.446 e.